The van der Waals surface area contributed by atoms with Gasteiger partial charge in [-0.1, -0.05) is 15.9 Å². The Morgan fingerprint density at radius 3 is 2.90 bits per heavy atom. The first-order chi connectivity index (χ1) is 4.74. The molecule has 1 N–H and O–H groups in total. The Hall–Kier alpha value is -0.570. The SMILES string of the molecule is Cc1ncc(O)cc1CBr. The lowest BCUT2D eigenvalue weighted by molar-refractivity contribution is 0.471. The highest BCUT2D eigenvalue weighted by Gasteiger charge is 1.97. The van der Waals surface area contributed by atoms with Crippen molar-refractivity contribution in [3.05, 3.63) is 23.5 Å². The van der Waals surface area contributed by atoms with Crippen molar-refractivity contribution in [3.63, 3.8) is 0 Å². The molecule has 0 unspecified atom stereocenters. The van der Waals surface area contributed by atoms with Crippen molar-refractivity contribution in [1.29, 1.82) is 0 Å². The number of nitrogens with zero attached hydrogens (tertiary/aromatic N) is 1. The van der Waals surface area contributed by atoms with Crippen LogP contribution in [0.1, 0.15) is 11.3 Å². The van der Waals surface area contributed by atoms with Crippen molar-refractivity contribution in [2.24, 2.45) is 0 Å². The van der Waals surface area contributed by atoms with Crippen LogP contribution in [0.3, 0.4) is 0 Å². The molecule has 0 saturated heterocycles. The molecule has 3 heteroatoms. The predicted molar refractivity (Wildman–Crippen MR) is 43.3 cm³/mol. The minimum absolute atomic E-state index is 0.222. The van der Waals surface area contributed by atoms with Crippen LogP contribution < -0.4 is 0 Å². The van der Waals surface area contributed by atoms with Gasteiger partial charge >= 0.3 is 0 Å². The van der Waals surface area contributed by atoms with E-state index in [0.717, 1.165) is 16.6 Å². The number of hydrogen-bond donors (Lipinski definition) is 1. The van der Waals surface area contributed by atoms with Crippen molar-refractivity contribution in [2.75, 3.05) is 0 Å². The van der Waals surface area contributed by atoms with Gasteiger partial charge in [0.25, 0.3) is 0 Å². The minimum atomic E-state index is 0.222. The van der Waals surface area contributed by atoms with E-state index < -0.39 is 0 Å². The summed E-state index contributed by atoms with van der Waals surface area (Å²) in [6.07, 6.45) is 1.45. The summed E-state index contributed by atoms with van der Waals surface area (Å²) in [5, 5.41) is 9.72. The molecule has 0 aliphatic carbocycles. The highest BCUT2D eigenvalue weighted by atomic mass is 79.9. The molecule has 0 amide bonds. The zero-order valence-electron chi connectivity index (χ0n) is 5.63. The Kier molecular flexibility index (Phi) is 2.27. The molecule has 0 aromatic carbocycles. The van der Waals surface area contributed by atoms with Gasteiger partial charge in [-0.15, -0.1) is 0 Å². The number of alkyl halides is 1. The van der Waals surface area contributed by atoms with E-state index in [1.807, 2.05) is 6.92 Å². The van der Waals surface area contributed by atoms with Gasteiger partial charge in [-0.2, -0.15) is 0 Å². The van der Waals surface area contributed by atoms with E-state index >= 15 is 0 Å². The second-order valence-corrected chi connectivity index (χ2v) is 2.63. The average Bonchev–Trinajstić information content (AvgIpc) is 1.94. The molecule has 1 heterocycles. The number of aryl methyl sites for hydroxylation is 1. The van der Waals surface area contributed by atoms with E-state index in [1.54, 1.807) is 6.07 Å². The lowest BCUT2D eigenvalue weighted by Gasteiger charge is -1.99. The molecule has 0 spiro atoms. The van der Waals surface area contributed by atoms with Gasteiger partial charge in [-0.3, -0.25) is 4.98 Å². The Morgan fingerprint density at radius 2 is 2.40 bits per heavy atom. The van der Waals surface area contributed by atoms with Gasteiger partial charge < -0.3 is 5.11 Å². The summed E-state index contributed by atoms with van der Waals surface area (Å²) in [6, 6.07) is 1.71. The maximum Gasteiger partial charge on any atom is 0.134 e. The van der Waals surface area contributed by atoms with Gasteiger partial charge in [0.15, 0.2) is 0 Å². The second kappa shape index (κ2) is 3.01. The fraction of sp³-hybridized carbons (Fsp3) is 0.286. The van der Waals surface area contributed by atoms with Crippen LogP contribution in [-0.2, 0) is 5.33 Å². The molecule has 2 nitrogen and oxygen atoms in total. The fourth-order valence-corrected chi connectivity index (χ4v) is 1.27. The van der Waals surface area contributed by atoms with E-state index in [9.17, 15) is 0 Å². The van der Waals surface area contributed by atoms with Gasteiger partial charge in [0.05, 0.1) is 6.20 Å². The maximum absolute atomic E-state index is 8.99. The third kappa shape index (κ3) is 1.48. The zero-order valence-corrected chi connectivity index (χ0v) is 7.22. The summed E-state index contributed by atoms with van der Waals surface area (Å²) in [5.74, 6) is 0.222. The van der Waals surface area contributed by atoms with Crippen LogP contribution in [0.2, 0.25) is 0 Å². The third-order valence-electron chi connectivity index (χ3n) is 1.32. The lowest BCUT2D eigenvalue weighted by Crippen LogP contribution is -1.87. The largest absolute Gasteiger partial charge is 0.506 e. The van der Waals surface area contributed by atoms with Crippen molar-refractivity contribution < 1.29 is 5.11 Å². The van der Waals surface area contributed by atoms with E-state index in [0.29, 0.717) is 0 Å². The quantitative estimate of drug-likeness (QED) is 0.706. The van der Waals surface area contributed by atoms with Crippen molar-refractivity contribution >= 4 is 15.9 Å². The minimum Gasteiger partial charge on any atom is -0.506 e. The molecule has 54 valence electrons. The third-order valence-corrected chi connectivity index (χ3v) is 1.93. The van der Waals surface area contributed by atoms with Crippen LogP contribution in [0.15, 0.2) is 12.3 Å². The van der Waals surface area contributed by atoms with Crippen LogP contribution in [-0.4, -0.2) is 10.1 Å². The molecular formula is C7H8BrNO. The Labute approximate surface area is 68.0 Å². The van der Waals surface area contributed by atoms with Gasteiger partial charge in [0.1, 0.15) is 5.75 Å². The monoisotopic (exact) mass is 201 g/mol. The molecule has 0 aliphatic rings. The molecule has 0 bridgehead atoms. The topological polar surface area (TPSA) is 33.1 Å². The van der Waals surface area contributed by atoms with Crippen molar-refractivity contribution in [2.45, 2.75) is 12.3 Å². The second-order valence-electron chi connectivity index (χ2n) is 2.07. The molecule has 0 fully saturated rings. The van der Waals surface area contributed by atoms with Crippen LogP contribution in [0.4, 0.5) is 0 Å². The van der Waals surface area contributed by atoms with E-state index in [-0.39, 0.29) is 5.75 Å². The highest BCUT2D eigenvalue weighted by Crippen LogP contribution is 2.14. The van der Waals surface area contributed by atoms with Crippen LogP contribution in [0, 0.1) is 6.92 Å². The normalized spacial score (nSPS) is 9.80. The molecule has 1 aromatic rings. The highest BCUT2D eigenvalue weighted by molar-refractivity contribution is 9.08. The smallest absolute Gasteiger partial charge is 0.134 e. The average molecular weight is 202 g/mol. The lowest BCUT2D eigenvalue weighted by atomic mass is 10.2. The number of aromatic hydroxyl groups is 1. The summed E-state index contributed by atoms with van der Waals surface area (Å²) in [7, 11) is 0. The number of pyridine rings is 1. The van der Waals surface area contributed by atoms with Gasteiger partial charge in [-0.25, -0.2) is 0 Å². The Balaban J connectivity index is 3.09. The van der Waals surface area contributed by atoms with E-state index in [2.05, 4.69) is 20.9 Å². The van der Waals surface area contributed by atoms with E-state index in [1.165, 1.54) is 6.20 Å². The summed E-state index contributed by atoms with van der Waals surface area (Å²) < 4.78 is 0. The molecular weight excluding hydrogens is 194 g/mol. The molecule has 0 atom stereocenters. The zero-order chi connectivity index (χ0) is 7.56. The maximum atomic E-state index is 8.99. The van der Waals surface area contributed by atoms with Crippen LogP contribution in [0.25, 0.3) is 0 Å². The first-order valence-electron chi connectivity index (χ1n) is 2.94. The summed E-state index contributed by atoms with van der Waals surface area (Å²) in [4.78, 5) is 3.97. The first-order valence-corrected chi connectivity index (χ1v) is 4.06. The van der Waals surface area contributed by atoms with Crippen molar-refractivity contribution in [1.82, 2.24) is 4.98 Å². The van der Waals surface area contributed by atoms with Gasteiger partial charge in [-0.05, 0) is 18.6 Å². The number of aromatic nitrogens is 1. The number of rotatable bonds is 1. The summed E-state index contributed by atoms with van der Waals surface area (Å²) >= 11 is 3.29. The van der Waals surface area contributed by atoms with Gasteiger partial charge in [0, 0.05) is 11.0 Å². The first kappa shape index (κ1) is 7.54. The Morgan fingerprint density at radius 1 is 1.70 bits per heavy atom. The molecule has 0 radical (unpaired) electrons. The van der Waals surface area contributed by atoms with E-state index in [4.69, 9.17) is 5.11 Å². The Bertz CT molecular complexity index is 237. The van der Waals surface area contributed by atoms with Crippen LogP contribution in [0.5, 0.6) is 5.75 Å². The molecule has 0 aliphatic heterocycles. The fourth-order valence-electron chi connectivity index (χ4n) is 0.701. The predicted octanol–water partition coefficient (Wildman–Crippen LogP) is 1.99. The summed E-state index contributed by atoms with van der Waals surface area (Å²) in [5.41, 5.74) is 1.98. The molecule has 0 saturated carbocycles. The van der Waals surface area contributed by atoms with Crippen molar-refractivity contribution in [3.8, 4) is 5.75 Å². The molecule has 1 rings (SSSR count). The molecule has 10 heavy (non-hydrogen) atoms. The molecule has 1 aromatic heterocycles. The number of halogens is 1. The summed E-state index contributed by atoms with van der Waals surface area (Å²) in [6.45, 7) is 1.91. The standard InChI is InChI=1S/C7H8BrNO/c1-5-6(3-8)2-7(10)4-9-5/h2,4,10H,3H2,1H3. The van der Waals surface area contributed by atoms with Gasteiger partial charge in [0.2, 0.25) is 0 Å². The van der Waals surface area contributed by atoms with Crippen LogP contribution >= 0.6 is 15.9 Å². The number of hydrogen-bond acceptors (Lipinski definition) is 2.